The minimum Gasteiger partial charge on any atom is -0.369 e. The van der Waals surface area contributed by atoms with Crippen molar-refractivity contribution in [2.45, 2.75) is 32.6 Å². The zero-order valence-corrected chi connectivity index (χ0v) is 12.1. The average Bonchev–Trinajstić information content (AvgIpc) is 3.15. The summed E-state index contributed by atoms with van der Waals surface area (Å²) in [7, 11) is 0. The highest BCUT2D eigenvalue weighted by atomic mass is 35.5. The SMILES string of the molecule is CCNCCc1ccc(Cl)c(CC2(C(N)=O)CC2)c1. The van der Waals surface area contributed by atoms with E-state index < -0.39 is 0 Å². The summed E-state index contributed by atoms with van der Waals surface area (Å²) in [6, 6.07) is 6.09. The van der Waals surface area contributed by atoms with Gasteiger partial charge in [-0.15, -0.1) is 0 Å². The number of likely N-dealkylation sites (N-methyl/N-ethyl adjacent to an activating group) is 1. The fourth-order valence-electron chi connectivity index (χ4n) is 2.35. The second kappa shape index (κ2) is 5.93. The molecule has 0 aliphatic heterocycles. The van der Waals surface area contributed by atoms with E-state index in [2.05, 4.69) is 18.3 Å². The third kappa shape index (κ3) is 3.48. The van der Waals surface area contributed by atoms with Gasteiger partial charge in [-0.1, -0.05) is 30.7 Å². The first-order valence-corrected chi connectivity index (χ1v) is 7.23. The van der Waals surface area contributed by atoms with Gasteiger partial charge in [0.15, 0.2) is 0 Å². The van der Waals surface area contributed by atoms with E-state index in [1.807, 2.05) is 12.1 Å². The third-order valence-corrected chi connectivity index (χ3v) is 4.22. The maximum Gasteiger partial charge on any atom is 0.223 e. The van der Waals surface area contributed by atoms with Gasteiger partial charge in [0.1, 0.15) is 0 Å². The molecule has 1 aliphatic carbocycles. The quantitative estimate of drug-likeness (QED) is 0.753. The first-order chi connectivity index (χ1) is 9.07. The highest BCUT2D eigenvalue weighted by Crippen LogP contribution is 2.48. The Kier molecular flexibility index (Phi) is 4.48. The van der Waals surface area contributed by atoms with Crippen LogP contribution in [0.4, 0.5) is 0 Å². The summed E-state index contributed by atoms with van der Waals surface area (Å²) in [6.45, 7) is 4.03. The van der Waals surface area contributed by atoms with E-state index in [0.717, 1.165) is 42.9 Å². The largest absolute Gasteiger partial charge is 0.369 e. The molecule has 0 saturated heterocycles. The van der Waals surface area contributed by atoms with E-state index in [1.54, 1.807) is 0 Å². The fraction of sp³-hybridized carbons (Fsp3) is 0.533. The first kappa shape index (κ1) is 14.4. The predicted molar refractivity (Wildman–Crippen MR) is 78.3 cm³/mol. The molecule has 0 atom stereocenters. The summed E-state index contributed by atoms with van der Waals surface area (Å²) in [5.74, 6) is -0.193. The van der Waals surface area contributed by atoms with Gasteiger partial charge in [-0.05, 0) is 56.0 Å². The Balaban J connectivity index is 2.07. The smallest absolute Gasteiger partial charge is 0.223 e. The average molecular weight is 281 g/mol. The first-order valence-electron chi connectivity index (χ1n) is 6.85. The molecule has 0 heterocycles. The van der Waals surface area contributed by atoms with E-state index in [1.165, 1.54) is 5.56 Å². The molecule has 2 rings (SSSR count). The van der Waals surface area contributed by atoms with E-state index >= 15 is 0 Å². The number of benzene rings is 1. The van der Waals surface area contributed by atoms with Crippen LogP contribution in [0.2, 0.25) is 5.02 Å². The molecule has 1 aromatic carbocycles. The fourth-order valence-corrected chi connectivity index (χ4v) is 2.54. The summed E-state index contributed by atoms with van der Waals surface area (Å²) in [5, 5.41) is 4.04. The van der Waals surface area contributed by atoms with Gasteiger partial charge in [-0.25, -0.2) is 0 Å². The Labute approximate surface area is 119 Å². The number of halogens is 1. The molecule has 0 bridgehead atoms. The van der Waals surface area contributed by atoms with Gasteiger partial charge in [0.25, 0.3) is 0 Å². The van der Waals surface area contributed by atoms with Crippen molar-refractivity contribution in [3.05, 3.63) is 34.3 Å². The van der Waals surface area contributed by atoms with Crippen LogP contribution in [-0.4, -0.2) is 19.0 Å². The summed E-state index contributed by atoms with van der Waals surface area (Å²) < 4.78 is 0. The molecule has 1 aromatic rings. The van der Waals surface area contributed by atoms with Crippen LogP contribution in [0.15, 0.2) is 18.2 Å². The van der Waals surface area contributed by atoms with Crippen molar-refractivity contribution in [1.29, 1.82) is 0 Å². The number of nitrogens with two attached hydrogens (primary N) is 1. The number of hydrogen-bond donors (Lipinski definition) is 2. The lowest BCUT2D eigenvalue weighted by Crippen LogP contribution is -2.26. The van der Waals surface area contributed by atoms with E-state index in [0.29, 0.717) is 6.42 Å². The van der Waals surface area contributed by atoms with Crippen LogP contribution >= 0.6 is 11.6 Å². The highest BCUT2D eigenvalue weighted by molar-refractivity contribution is 6.31. The number of nitrogens with one attached hydrogen (secondary N) is 1. The Morgan fingerprint density at radius 2 is 2.21 bits per heavy atom. The predicted octanol–water partition coefficient (Wildman–Crippen LogP) is 2.30. The second-order valence-corrected chi connectivity index (χ2v) is 5.76. The number of hydrogen-bond acceptors (Lipinski definition) is 2. The molecule has 0 aromatic heterocycles. The standard InChI is InChI=1S/C15H21ClN2O/c1-2-18-8-5-11-3-4-13(16)12(9-11)10-15(6-7-15)14(17)19/h3-4,9,18H,2,5-8,10H2,1H3,(H2,17,19). The van der Waals surface area contributed by atoms with Gasteiger partial charge >= 0.3 is 0 Å². The van der Waals surface area contributed by atoms with Gasteiger partial charge < -0.3 is 11.1 Å². The van der Waals surface area contributed by atoms with Crippen molar-refractivity contribution in [1.82, 2.24) is 5.32 Å². The van der Waals surface area contributed by atoms with Crippen molar-refractivity contribution in [3.8, 4) is 0 Å². The molecule has 104 valence electrons. The van der Waals surface area contributed by atoms with Crippen molar-refractivity contribution in [2.24, 2.45) is 11.1 Å². The molecule has 1 fully saturated rings. The number of rotatable bonds is 7. The van der Waals surface area contributed by atoms with Crippen LogP contribution in [0.25, 0.3) is 0 Å². The van der Waals surface area contributed by atoms with Gasteiger partial charge in [0.05, 0.1) is 5.41 Å². The normalized spacial score (nSPS) is 16.3. The molecule has 3 nitrogen and oxygen atoms in total. The molecule has 19 heavy (non-hydrogen) atoms. The maximum atomic E-state index is 11.5. The molecule has 4 heteroatoms. The lowest BCUT2D eigenvalue weighted by atomic mass is 9.94. The van der Waals surface area contributed by atoms with Gasteiger partial charge in [0, 0.05) is 5.02 Å². The van der Waals surface area contributed by atoms with Crippen LogP contribution < -0.4 is 11.1 Å². The van der Waals surface area contributed by atoms with E-state index in [4.69, 9.17) is 17.3 Å². The molecule has 1 amide bonds. The van der Waals surface area contributed by atoms with Crippen LogP contribution in [0.1, 0.15) is 30.9 Å². The van der Waals surface area contributed by atoms with Gasteiger partial charge in [-0.2, -0.15) is 0 Å². The lowest BCUT2D eigenvalue weighted by molar-refractivity contribution is -0.123. The topological polar surface area (TPSA) is 55.1 Å². The molecule has 1 saturated carbocycles. The van der Waals surface area contributed by atoms with Crippen molar-refractivity contribution < 1.29 is 4.79 Å². The minimum atomic E-state index is -0.329. The van der Waals surface area contributed by atoms with Crippen LogP contribution in [0, 0.1) is 5.41 Å². The zero-order valence-electron chi connectivity index (χ0n) is 11.3. The Morgan fingerprint density at radius 3 is 2.79 bits per heavy atom. The van der Waals surface area contributed by atoms with Crippen LogP contribution in [-0.2, 0) is 17.6 Å². The number of primary amides is 1. The highest BCUT2D eigenvalue weighted by Gasteiger charge is 2.48. The summed E-state index contributed by atoms with van der Waals surface area (Å²) >= 11 is 6.23. The summed E-state index contributed by atoms with van der Waals surface area (Å²) in [6.07, 6.45) is 3.43. The van der Waals surface area contributed by atoms with Gasteiger partial charge in [0.2, 0.25) is 5.91 Å². The molecule has 0 radical (unpaired) electrons. The second-order valence-electron chi connectivity index (χ2n) is 5.35. The Bertz CT molecular complexity index is 469. The third-order valence-electron chi connectivity index (χ3n) is 3.86. The van der Waals surface area contributed by atoms with Crippen molar-refractivity contribution in [3.63, 3.8) is 0 Å². The summed E-state index contributed by atoms with van der Waals surface area (Å²) in [5.41, 5.74) is 7.44. The van der Waals surface area contributed by atoms with E-state index in [-0.39, 0.29) is 11.3 Å². The zero-order chi connectivity index (χ0) is 13.9. The molecular formula is C15H21ClN2O. The molecule has 3 N–H and O–H groups in total. The Morgan fingerprint density at radius 1 is 1.47 bits per heavy atom. The Hall–Kier alpha value is -1.06. The van der Waals surface area contributed by atoms with Crippen LogP contribution in [0.3, 0.4) is 0 Å². The molecule has 0 unspecified atom stereocenters. The van der Waals surface area contributed by atoms with Crippen molar-refractivity contribution >= 4 is 17.5 Å². The molecule has 0 spiro atoms. The van der Waals surface area contributed by atoms with Crippen LogP contribution in [0.5, 0.6) is 0 Å². The summed E-state index contributed by atoms with van der Waals surface area (Å²) in [4.78, 5) is 11.5. The van der Waals surface area contributed by atoms with E-state index in [9.17, 15) is 4.79 Å². The molecular weight excluding hydrogens is 260 g/mol. The minimum absolute atomic E-state index is 0.193. The van der Waals surface area contributed by atoms with Gasteiger partial charge in [-0.3, -0.25) is 4.79 Å². The lowest BCUT2D eigenvalue weighted by Gasteiger charge is -2.13. The monoisotopic (exact) mass is 280 g/mol. The number of carbonyl (C=O) groups is 1. The van der Waals surface area contributed by atoms with Crippen molar-refractivity contribution in [2.75, 3.05) is 13.1 Å². The number of carbonyl (C=O) groups excluding carboxylic acids is 1. The molecule has 1 aliphatic rings. The number of amides is 1. The maximum absolute atomic E-state index is 11.5.